The molecule has 0 unspecified atom stereocenters. The molecule has 0 spiro atoms. The molecule has 1 aromatic heterocycles. The maximum absolute atomic E-state index is 12.2. The lowest BCUT2D eigenvalue weighted by Crippen LogP contribution is -3.00. The summed E-state index contributed by atoms with van der Waals surface area (Å²) in [4.78, 5) is 12.2. The van der Waals surface area contributed by atoms with Crippen LogP contribution in [-0.4, -0.2) is 5.91 Å². The first-order valence-electron chi connectivity index (χ1n) is 8.16. The first kappa shape index (κ1) is 19.4. The molecule has 136 valence electrons. The van der Waals surface area contributed by atoms with Crippen molar-refractivity contribution in [2.75, 3.05) is 5.32 Å². The molecule has 1 N–H and O–H groups in total. The van der Waals surface area contributed by atoms with Crippen LogP contribution < -0.4 is 22.3 Å². The molecule has 3 nitrogen and oxygen atoms in total. The zero-order valence-electron chi connectivity index (χ0n) is 14.1. The molecule has 3 aromatic rings. The molecule has 0 atom stereocenters. The van der Waals surface area contributed by atoms with Crippen molar-refractivity contribution < 1.29 is 21.8 Å². The molecular formula is C21H15Cl3N2O. The zero-order valence-corrected chi connectivity index (χ0v) is 16.4. The van der Waals surface area contributed by atoms with Crippen molar-refractivity contribution in [1.82, 2.24) is 0 Å². The van der Waals surface area contributed by atoms with E-state index in [1.54, 1.807) is 6.07 Å². The van der Waals surface area contributed by atoms with Crippen molar-refractivity contribution in [2.45, 2.75) is 6.54 Å². The van der Waals surface area contributed by atoms with Gasteiger partial charge < -0.3 is 17.7 Å². The predicted octanol–water partition coefficient (Wildman–Crippen LogP) is 1.83. The Kier molecular flexibility index (Phi) is 5.85. The summed E-state index contributed by atoms with van der Waals surface area (Å²) in [6.45, 7) is 0.649. The highest BCUT2D eigenvalue weighted by atomic mass is 35.5. The minimum absolute atomic E-state index is 0. The summed E-state index contributed by atoms with van der Waals surface area (Å²) < 4.78 is 2.03. The first-order valence-corrected chi connectivity index (χ1v) is 8.91. The number of para-hydroxylation sites is 1. The van der Waals surface area contributed by atoms with Crippen LogP contribution in [0.25, 0.3) is 11.6 Å². The lowest BCUT2D eigenvalue weighted by molar-refractivity contribution is -0.688. The number of hydrogen-bond acceptors (Lipinski definition) is 1. The third-order valence-electron chi connectivity index (χ3n) is 4.31. The molecule has 27 heavy (non-hydrogen) atoms. The van der Waals surface area contributed by atoms with Crippen molar-refractivity contribution in [1.29, 1.82) is 0 Å². The second-order valence-electron chi connectivity index (χ2n) is 6.10. The maximum atomic E-state index is 12.2. The lowest BCUT2D eigenvalue weighted by Gasteiger charge is -2.02. The standard InChI is InChI=1S/C21H14Cl2N2O.ClH/c22-16-6-5-15(19(23)12-16)13-25-9-7-14(8-10-25)11-18-17-3-1-2-4-20(17)24-21(18)26;/h1-12H,13H2;1H. The highest BCUT2D eigenvalue weighted by Crippen LogP contribution is 2.32. The van der Waals surface area contributed by atoms with Crippen LogP contribution in [0.1, 0.15) is 16.7 Å². The van der Waals surface area contributed by atoms with Gasteiger partial charge in [0.25, 0.3) is 5.91 Å². The molecule has 0 saturated heterocycles. The van der Waals surface area contributed by atoms with Gasteiger partial charge in [-0.2, -0.15) is 0 Å². The van der Waals surface area contributed by atoms with Gasteiger partial charge in [0.1, 0.15) is 0 Å². The fourth-order valence-corrected chi connectivity index (χ4v) is 3.43. The third-order valence-corrected chi connectivity index (χ3v) is 4.89. The first-order chi connectivity index (χ1) is 12.6. The fourth-order valence-electron chi connectivity index (χ4n) is 2.97. The molecule has 6 heteroatoms. The largest absolute Gasteiger partial charge is 1.00 e. The van der Waals surface area contributed by atoms with Gasteiger partial charge in [-0.15, -0.1) is 0 Å². The van der Waals surface area contributed by atoms with Crippen LogP contribution in [0, 0.1) is 0 Å². The Bertz CT molecular complexity index is 1030. The summed E-state index contributed by atoms with van der Waals surface area (Å²) in [6.07, 6.45) is 5.84. The van der Waals surface area contributed by atoms with E-state index in [1.807, 2.05) is 71.6 Å². The Labute approximate surface area is 173 Å². The second-order valence-corrected chi connectivity index (χ2v) is 6.94. The van der Waals surface area contributed by atoms with Crippen LogP contribution in [0.4, 0.5) is 5.69 Å². The third kappa shape index (κ3) is 4.16. The monoisotopic (exact) mass is 416 g/mol. The van der Waals surface area contributed by atoms with E-state index in [-0.39, 0.29) is 18.3 Å². The molecule has 2 heterocycles. The van der Waals surface area contributed by atoms with E-state index >= 15 is 0 Å². The number of nitrogens with zero attached hydrogens (tertiary/aromatic N) is 1. The highest BCUT2D eigenvalue weighted by molar-refractivity contribution is 6.35. The quantitative estimate of drug-likeness (QED) is 0.512. The van der Waals surface area contributed by atoms with Gasteiger partial charge in [0, 0.05) is 39.5 Å². The number of nitrogens with one attached hydrogen (secondary N) is 1. The van der Waals surface area contributed by atoms with Gasteiger partial charge in [0.05, 0.1) is 5.02 Å². The van der Waals surface area contributed by atoms with Gasteiger partial charge in [-0.1, -0.05) is 41.4 Å². The number of halogens is 3. The number of rotatable bonds is 3. The smallest absolute Gasteiger partial charge is 0.256 e. The van der Waals surface area contributed by atoms with E-state index in [4.69, 9.17) is 23.2 Å². The Morgan fingerprint density at radius 1 is 1.00 bits per heavy atom. The summed E-state index contributed by atoms with van der Waals surface area (Å²) in [5.41, 5.74) is 4.43. The molecular weight excluding hydrogens is 403 g/mol. The SMILES string of the molecule is O=C1Nc2ccccc2/C1=C\c1cc[n+](Cc2ccc(Cl)cc2Cl)cc1.[Cl-]. The molecule has 0 bridgehead atoms. The van der Waals surface area contributed by atoms with Gasteiger partial charge >= 0.3 is 0 Å². The number of benzene rings is 2. The molecule has 0 fully saturated rings. The molecule has 1 aliphatic heterocycles. The molecule has 2 aromatic carbocycles. The van der Waals surface area contributed by atoms with Crippen LogP contribution in [0.15, 0.2) is 67.0 Å². The number of anilines is 1. The number of carbonyl (C=O) groups excluding carboxylic acids is 1. The molecule has 0 saturated carbocycles. The van der Waals surface area contributed by atoms with E-state index in [0.717, 1.165) is 22.4 Å². The molecule has 4 rings (SSSR count). The van der Waals surface area contributed by atoms with Crippen LogP contribution in [0.3, 0.4) is 0 Å². The average molecular weight is 418 g/mol. The van der Waals surface area contributed by atoms with E-state index in [2.05, 4.69) is 5.32 Å². The Morgan fingerprint density at radius 2 is 1.74 bits per heavy atom. The highest BCUT2D eigenvalue weighted by Gasteiger charge is 2.23. The van der Waals surface area contributed by atoms with Gasteiger partial charge in [-0.3, -0.25) is 4.79 Å². The minimum atomic E-state index is -0.0733. The normalized spacial score (nSPS) is 13.9. The second kappa shape index (κ2) is 8.13. The van der Waals surface area contributed by atoms with Crippen LogP contribution in [0.2, 0.25) is 10.0 Å². The Hall–Kier alpha value is -2.33. The molecule has 0 radical (unpaired) electrons. The van der Waals surface area contributed by atoms with Crippen LogP contribution >= 0.6 is 23.2 Å². The van der Waals surface area contributed by atoms with Crippen molar-refractivity contribution in [3.05, 3.63) is 93.7 Å². The Balaban J connectivity index is 0.00000210. The predicted molar refractivity (Wildman–Crippen MR) is 105 cm³/mol. The lowest BCUT2D eigenvalue weighted by atomic mass is 10.0. The van der Waals surface area contributed by atoms with Gasteiger partial charge in [-0.25, -0.2) is 4.57 Å². The van der Waals surface area contributed by atoms with E-state index in [0.29, 0.717) is 22.2 Å². The van der Waals surface area contributed by atoms with Crippen LogP contribution in [-0.2, 0) is 11.3 Å². The van der Waals surface area contributed by atoms with Gasteiger partial charge in [0.15, 0.2) is 18.9 Å². The number of amides is 1. The summed E-state index contributed by atoms with van der Waals surface area (Å²) in [7, 11) is 0. The van der Waals surface area contributed by atoms with Gasteiger partial charge in [-0.05, 0) is 35.9 Å². The summed E-state index contributed by atoms with van der Waals surface area (Å²) in [5, 5.41) is 4.16. The fraction of sp³-hybridized carbons (Fsp3) is 0.0476. The number of pyridine rings is 1. The van der Waals surface area contributed by atoms with Gasteiger partial charge in [0.2, 0.25) is 0 Å². The number of aromatic nitrogens is 1. The van der Waals surface area contributed by atoms with Crippen molar-refractivity contribution in [2.24, 2.45) is 0 Å². The van der Waals surface area contributed by atoms with Crippen molar-refractivity contribution >= 4 is 46.4 Å². The van der Waals surface area contributed by atoms with Crippen LogP contribution in [0.5, 0.6) is 0 Å². The summed E-state index contributed by atoms with van der Waals surface area (Å²) in [6, 6.07) is 17.2. The Morgan fingerprint density at radius 3 is 2.48 bits per heavy atom. The molecule has 0 aliphatic carbocycles. The number of fused-ring (bicyclic) bond motifs is 1. The number of carbonyl (C=O) groups is 1. The maximum Gasteiger partial charge on any atom is 0.256 e. The minimum Gasteiger partial charge on any atom is -1.00 e. The average Bonchev–Trinajstić information content (AvgIpc) is 2.94. The van der Waals surface area contributed by atoms with E-state index in [9.17, 15) is 4.79 Å². The zero-order chi connectivity index (χ0) is 18.1. The molecule has 1 aliphatic rings. The summed E-state index contributed by atoms with van der Waals surface area (Å²) >= 11 is 12.2. The van der Waals surface area contributed by atoms with E-state index < -0.39 is 0 Å². The number of hydrogen-bond donors (Lipinski definition) is 1. The summed E-state index contributed by atoms with van der Waals surface area (Å²) in [5.74, 6) is -0.0733. The molecule has 1 amide bonds. The van der Waals surface area contributed by atoms with E-state index in [1.165, 1.54) is 0 Å². The van der Waals surface area contributed by atoms with Crippen molar-refractivity contribution in [3.63, 3.8) is 0 Å². The topological polar surface area (TPSA) is 33.0 Å². The van der Waals surface area contributed by atoms with Crippen molar-refractivity contribution in [3.8, 4) is 0 Å².